The number of thiophene rings is 1. The van der Waals surface area contributed by atoms with Gasteiger partial charge >= 0.3 is 5.69 Å². The second kappa shape index (κ2) is 7.42. The van der Waals surface area contributed by atoms with Gasteiger partial charge in [-0.15, -0.1) is 11.3 Å². The standard InChI is InChI=1S/C14H15BrN2O3S/c1-2-8-20-12-5-3-4-11(14(12)17(18)19)16-9-10-6-7-13(15)21-10/h3-7,16H,2,8-9H2,1H3. The zero-order valence-corrected chi connectivity index (χ0v) is 13.9. The van der Waals surface area contributed by atoms with Crippen molar-refractivity contribution in [3.8, 4) is 5.75 Å². The van der Waals surface area contributed by atoms with E-state index in [1.165, 1.54) is 0 Å². The average molecular weight is 371 g/mol. The van der Waals surface area contributed by atoms with Crippen LogP contribution in [-0.4, -0.2) is 11.5 Å². The zero-order valence-electron chi connectivity index (χ0n) is 11.5. The SMILES string of the molecule is CCCOc1cccc(NCc2ccc(Br)s2)c1[N+](=O)[O-]. The van der Waals surface area contributed by atoms with Crippen LogP contribution in [0, 0.1) is 10.1 Å². The molecule has 0 saturated carbocycles. The minimum Gasteiger partial charge on any atom is -0.487 e. The highest BCUT2D eigenvalue weighted by Gasteiger charge is 2.20. The molecule has 21 heavy (non-hydrogen) atoms. The number of hydrogen-bond donors (Lipinski definition) is 1. The number of nitrogens with one attached hydrogen (secondary N) is 1. The van der Waals surface area contributed by atoms with Crippen molar-refractivity contribution in [2.45, 2.75) is 19.9 Å². The van der Waals surface area contributed by atoms with Crippen LogP contribution in [0.5, 0.6) is 5.75 Å². The fourth-order valence-electron chi connectivity index (χ4n) is 1.81. The van der Waals surface area contributed by atoms with E-state index in [0.29, 0.717) is 24.6 Å². The summed E-state index contributed by atoms with van der Waals surface area (Å²) in [5.74, 6) is 0.305. The van der Waals surface area contributed by atoms with Crippen LogP contribution in [0.4, 0.5) is 11.4 Å². The number of benzene rings is 1. The van der Waals surface area contributed by atoms with Crippen LogP contribution in [0.3, 0.4) is 0 Å². The summed E-state index contributed by atoms with van der Waals surface area (Å²) in [5.41, 5.74) is 0.458. The molecule has 112 valence electrons. The number of rotatable bonds is 7. The summed E-state index contributed by atoms with van der Waals surface area (Å²) in [7, 11) is 0. The quantitative estimate of drug-likeness (QED) is 0.560. The summed E-state index contributed by atoms with van der Waals surface area (Å²) < 4.78 is 6.49. The molecule has 1 N–H and O–H groups in total. The number of nitro benzene ring substituents is 1. The molecule has 0 unspecified atom stereocenters. The van der Waals surface area contributed by atoms with Gasteiger partial charge in [0.05, 0.1) is 15.3 Å². The van der Waals surface area contributed by atoms with Crippen LogP contribution in [-0.2, 0) is 6.54 Å². The first-order chi connectivity index (χ1) is 10.1. The minimum atomic E-state index is -0.405. The predicted octanol–water partition coefficient (Wildman–Crippen LogP) is 4.82. The molecule has 0 amide bonds. The third-order valence-corrected chi connectivity index (χ3v) is 4.35. The van der Waals surface area contributed by atoms with Gasteiger partial charge in [-0.25, -0.2) is 0 Å². The van der Waals surface area contributed by atoms with Crippen molar-refractivity contribution in [3.05, 3.63) is 49.1 Å². The molecule has 0 bridgehead atoms. The van der Waals surface area contributed by atoms with Gasteiger partial charge in [0.2, 0.25) is 0 Å². The first kappa shape index (κ1) is 15.8. The third-order valence-electron chi connectivity index (χ3n) is 2.73. The largest absolute Gasteiger partial charge is 0.487 e. The van der Waals surface area contributed by atoms with E-state index in [2.05, 4.69) is 21.2 Å². The van der Waals surface area contributed by atoms with E-state index in [0.717, 1.165) is 15.1 Å². The van der Waals surface area contributed by atoms with Crippen molar-refractivity contribution in [1.82, 2.24) is 0 Å². The number of nitrogens with zero attached hydrogens (tertiary/aromatic N) is 1. The van der Waals surface area contributed by atoms with Crippen molar-refractivity contribution in [2.75, 3.05) is 11.9 Å². The van der Waals surface area contributed by atoms with Gasteiger partial charge in [0.15, 0.2) is 5.75 Å². The summed E-state index contributed by atoms with van der Waals surface area (Å²) >= 11 is 4.99. The van der Waals surface area contributed by atoms with Crippen molar-refractivity contribution < 1.29 is 9.66 Å². The molecule has 1 aromatic carbocycles. The Morgan fingerprint density at radius 3 is 2.81 bits per heavy atom. The van der Waals surface area contributed by atoms with Crippen molar-refractivity contribution in [1.29, 1.82) is 0 Å². The molecule has 0 atom stereocenters. The second-order valence-corrected chi connectivity index (χ2v) is 6.86. The average Bonchev–Trinajstić information content (AvgIpc) is 2.88. The second-order valence-electron chi connectivity index (χ2n) is 4.32. The highest BCUT2D eigenvalue weighted by atomic mass is 79.9. The Bertz CT molecular complexity index is 630. The van der Waals surface area contributed by atoms with Gasteiger partial charge in [0.1, 0.15) is 5.69 Å². The molecule has 1 heterocycles. The molecule has 5 nitrogen and oxygen atoms in total. The number of ether oxygens (including phenoxy) is 1. The Morgan fingerprint density at radius 2 is 2.19 bits per heavy atom. The monoisotopic (exact) mass is 370 g/mol. The molecular formula is C14H15BrN2O3S. The minimum absolute atomic E-state index is 0.0124. The Labute approximate surface area is 135 Å². The topological polar surface area (TPSA) is 64.4 Å². The molecule has 0 fully saturated rings. The first-order valence-corrected chi connectivity index (χ1v) is 8.11. The van der Waals surface area contributed by atoms with Gasteiger partial charge in [0.25, 0.3) is 0 Å². The lowest BCUT2D eigenvalue weighted by molar-refractivity contribution is -0.385. The van der Waals surface area contributed by atoms with Crippen LogP contribution in [0.25, 0.3) is 0 Å². The molecule has 7 heteroatoms. The molecule has 0 aliphatic heterocycles. The van der Waals surface area contributed by atoms with Crippen molar-refractivity contribution in [2.24, 2.45) is 0 Å². The van der Waals surface area contributed by atoms with Crippen molar-refractivity contribution in [3.63, 3.8) is 0 Å². The Hall–Kier alpha value is -1.60. The van der Waals surface area contributed by atoms with E-state index in [-0.39, 0.29) is 5.69 Å². The van der Waals surface area contributed by atoms with Gasteiger partial charge in [-0.3, -0.25) is 10.1 Å². The van der Waals surface area contributed by atoms with Crippen LogP contribution < -0.4 is 10.1 Å². The summed E-state index contributed by atoms with van der Waals surface area (Å²) in [6, 6.07) is 9.01. The highest BCUT2D eigenvalue weighted by Crippen LogP contribution is 2.35. The van der Waals surface area contributed by atoms with E-state index in [9.17, 15) is 10.1 Å². The molecule has 1 aromatic heterocycles. The van der Waals surface area contributed by atoms with Gasteiger partial charge in [-0.05, 0) is 46.6 Å². The lowest BCUT2D eigenvalue weighted by Gasteiger charge is -2.10. The number of hydrogen-bond acceptors (Lipinski definition) is 5. The van der Waals surface area contributed by atoms with Gasteiger partial charge < -0.3 is 10.1 Å². The fourth-order valence-corrected chi connectivity index (χ4v) is 3.23. The highest BCUT2D eigenvalue weighted by molar-refractivity contribution is 9.11. The third kappa shape index (κ3) is 4.18. The van der Waals surface area contributed by atoms with Crippen molar-refractivity contribution >= 4 is 38.6 Å². The molecule has 2 aromatic rings. The van der Waals surface area contributed by atoms with E-state index in [1.54, 1.807) is 29.5 Å². The van der Waals surface area contributed by atoms with E-state index >= 15 is 0 Å². The lowest BCUT2D eigenvalue weighted by Crippen LogP contribution is -2.04. The summed E-state index contributed by atoms with van der Waals surface area (Å²) in [5, 5.41) is 14.4. The molecule has 0 radical (unpaired) electrons. The molecule has 0 aliphatic carbocycles. The summed E-state index contributed by atoms with van der Waals surface area (Å²) in [6.07, 6.45) is 0.804. The smallest absolute Gasteiger partial charge is 0.333 e. The summed E-state index contributed by atoms with van der Waals surface area (Å²) in [6.45, 7) is 2.96. The normalized spacial score (nSPS) is 10.4. The number of halogens is 1. The van der Waals surface area contributed by atoms with Crippen LogP contribution in [0.2, 0.25) is 0 Å². The molecule has 0 saturated heterocycles. The van der Waals surface area contributed by atoms with Crippen LogP contribution >= 0.6 is 27.3 Å². The predicted molar refractivity (Wildman–Crippen MR) is 88.2 cm³/mol. The molecule has 0 spiro atoms. The number of para-hydroxylation sites is 1. The Morgan fingerprint density at radius 1 is 1.38 bits per heavy atom. The first-order valence-electron chi connectivity index (χ1n) is 6.50. The number of anilines is 1. The molecular weight excluding hydrogens is 356 g/mol. The Balaban J connectivity index is 2.19. The maximum absolute atomic E-state index is 11.3. The van der Waals surface area contributed by atoms with E-state index in [4.69, 9.17) is 4.74 Å². The Kier molecular flexibility index (Phi) is 5.58. The van der Waals surface area contributed by atoms with Gasteiger partial charge in [-0.1, -0.05) is 13.0 Å². The fraction of sp³-hybridized carbons (Fsp3) is 0.286. The molecule has 2 rings (SSSR count). The lowest BCUT2D eigenvalue weighted by atomic mass is 10.2. The zero-order chi connectivity index (χ0) is 15.2. The summed E-state index contributed by atoms with van der Waals surface area (Å²) in [4.78, 5) is 12.0. The van der Waals surface area contributed by atoms with Crippen LogP contribution in [0.15, 0.2) is 34.1 Å². The molecule has 0 aliphatic rings. The van der Waals surface area contributed by atoms with E-state index in [1.807, 2.05) is 19.1 Å². The van der Waals surface area contributed by atoms with E-state index < -0.39 is 4.92 Å². The van der Waals surface area contributed by atoms with Crippen LogP contribution in [0.1, 0.15) is 18.2 Å². The van der Waals surface area contributed by atoms with Gasteiger partial charge in [0, 0.05) is 11.4 Å². The van der Waals surface area contributed by atoms with Gasteiger partial charge in [-0.2, -0.15) is 0 Å². The maximum Gasteiger partial charge on any atom is 0.333 e. The maximum atomic E-state index is 11.3. The number of nitro groups is 1.